The number of methoxy groups -OCH3 is 1. The summed E-state index contributed by atoms with van der Waals surface area (Å²) in [6, 6.07) is 3.67. The first kappa shape index (κ1) is 17.1. The summed E-state index contributed by atoms with van der Waals surface area (Å²) in [6.07, 6.45) is 2.05. The molecular formula is C13H21NO4S2. The fourth-order valence-electron chi connectivity index (χ4n) is 1.82. The lowest BCUT2D eigenvalue weighted by Gasteiger charge is -2.16. The fourth-order valence-corrected chi connectivity index (χ4v) is 4.03. The van der Waals surface area contributed by atoms with Gasteiger partial charge in [0.05, 0.1) is 18.9 Å². The number of nitrogens with one attached hydrogen (secondary N) is 1. The van der Waals surface area contributed by atoms with Crippen molar-refractivity contribution < 1.29 is 17.9 Å². The van der Waals surface area contributed by atoms with Crippen molar-refractivity contribution in [2.24, 2.45) is 0 Å². The number of hydrogen-bond acceptors (Lipinski definition) is 5. The van der Waals surface area contributed by atoms with Crippen molar-refractivity contribution >= 4 is 27.3 Å². The molecule has 1 rings (SSSR count). The van der Waals surface area contributed by atoms with E-state index in [1.54, 1.807) is 11.3 Å². The molecule has 0 aliphatic heterocycles. The number of hydrogen-bond donors (Lipinski definition) is 1. The molecule has 114 valence electrons. The van der Waals surface area contributed by atoms with Gasteiger partial charge in [0.25, 0.3) is 0 Å². The Morgan fingerprint density at radius 3 is 2.80 bits per heavy atom. The predicted octanol–water partition coefficient (Wildman–Crippen LogP) is 2.46. The maximum atomic E-state index is 12.0. The molecule has 1 atom stereocenters. The van der Waals surface area contributed by atoms with Crippen molar-refractivity contribution in [2.75, 3.05) is 12.9 Å². The second-order valence-electron chi connectivity index (χ2n) is 4.47. The van der Waals surface area contributed by atoms with E-state index in [0.717, 1.165) is 17.7 Å². The third-order valence-corrected chi connectivity index (χ3v) is 5.26. The summed E-state index contributed by atoms with van der Waals surface area (Å²) in [5, 5.41) is 1.93. The van der Waals surface area contributed by atoms with Crippen molar-refractivity contribution in [3.63, 3.8) is 0 Å². The molecule has 7 heteroatoms. The second kappa shape index (κ2) is 8.39. The van der Waals surface area contributed by atoms with Gasteiger partial charge in [-0.25, -0.2) is 13.1 Å². The smallest absolute Gasteiger partial charge is 0.305 e. The topological polar surface area (TPSA) is 72.5 Å². The van der Waals surface area contributed by atoms with Crippen molar-refractivity contribution in [1.29, 1.82) is 0 Å². The largest absolute Gasteiger partial charge is 0.469 e. The van der Waals surface area contributed by atoms with Gasteiger partial charge < -0.3 is 4.74 Å². The van der Waals surface area contributed by atoms with Crippen LogP contribution in [0.1, 0.15) is 43.5 Å². The van der Waals surface area contributed by atoms with Crippen LogP contribution in [0.5, 0.6) is 0 Å². The minimum Gasteiger partial charge on any atom is -0.469 e. The first-order valence-corrected chi connectivity index (χ1v) is 9.12. The summed E-state index contributed by atoms with van der Waals surface area (Å²) in [7, 11) is -2.09. The SMILES string of the molecule is CCCC(NS(=O)(=O)CCCC(=O)OC)c1cccs1. The van der Waals surface area contributed by atoms with E-state index in [-0.39, 0.29) is 30.6 Å². The zero-order valence-electron chi connectivity index (χ0n) is 11.8. The van der Waals surface area contributed by atoms with E-state index in [4.69, 9.17) is 0 Å². The van der Waals surface area contributed by atoms with Crippen LogP contribution in [0.4, 0.5) is 0 Å². The molecule has 0 aromatic carbocycles. The lowest BCUT2D eigenvalue weighted by atomic mass is 10.1. The standard InChI is InChI=1S/C13H21NO4S2/c1-3-6-11(12-7-4-9-19-12)14-20(16,17)10-5-8-13(15)18-2/h4,7,9,11,14H,3,5-6,8,10H2,1-2H3. The maximum absolute atomic E-state index is 12.0. The molecule has 1 heterocycles. The second-order valence-corrected chi connectivity index (χ2v) is 7.33. The first-order chi connectivity index (χ1) is 9.48. The Kier molecular flexibility index (Phi) is 7.18. The van der Waals surface area contributed by atoms with Gasteiger partial charge in [0.15, 0.2) is 0 Å². The highest BCUT2D eigenvalue weighted by Gasteiger charge is 2.19. The lowest BCUT2D eigenvalue weighted by Crippen LogP contribution is -2.30. The highest BCUT2D eigenvalue weighted by atomic mass is 32.2. The summed E-state index contributed by atoms with van der Waals surface area (Å²) in [4.78, 5) is 12.0. The van der Waals surface area contributed by atoms with E-state index in [1.807, 2.05) is 24.4 Å². The van der Waals surface area contributed by atoms with Crippen LogP contribution in [0.2, 0.25) is 0 Å². The molecule has 0 saturated heterocycles. The normalized spacial score (nSPS) is 13.1. The quantitative estimate of drug-likeness (QED) is 0.710. The molecule has 0 aliphatic carbocycles. The van der Waals surface area contributed by atoms with E-state index in [0.29, 0.717) is 0 Å². The van der Waals surface area contributed by atoms with E-state index < -0.39 is 10.0 Å². The van der Waals surface area contributed by atoms with Gasteiger partial charge in [-0.05, 0) is 24.3 Å². The van der Waals surface area contributed by atoms with E-state index >= 15 is 0 Å². The number of sulfonamides is 1. The van der Waals surface area contributed by atoms with Crippen LogP contribution in [0.15, 0.2) is 17.5 Å². The molecule has 1 aromatic rings. The maximum Gasteiger partial charge on any atom is 0.305 e. The van der Waals surface area contributed by atoms with Crippen molar-refractivity contribution in [2.45, 2.75) is 38.6 Å². The Hall–Kier alpha value is -0.920. The van der Waals surface area contributed by atoms with Gasteiger partial charge in [0, 0.05) is 11.3 Å². The van der Waals surface area contributed by atoms with Crippen LogP contribution in [0.25, 0.3) is 0 Å². The molecule has 0 bridgehead atoms. The molecule has 1 aromatic heterocycles. The average Bonchev–Trinajstić information content (AvgIpc) is 2.91. The zero-order chi connectivity index (χ0) is 15.0. The number of esters is 1. The summed E-state index contributed by atoms with van der Waals surface area (Å²) >= 11 is 1.54. The summed E-state index contributed by atoms with van der Waals surface area (Å²) in [6.45, 7) is 2.02. The summed E-state index contributed by atoms with van der Waals surface area (Å²) in [5.41, 5.74) is 0. The Morgan fingerprint density at radius 1 is 1.50 bits per heavy atom. The predicted molar refractivity (Wildman–Crippen MR) is 80.1 cm³/mol. The third-order valence-electron chi connectivity index (χ3n) is 2.81. The van der Waals surface area contributed by atoms with Crippen molar-refractivity contribution in [3.05, 3.63) is 22.4 Å². The minimum absolute atomic E-state index is 0.0618. The van der Waals surface area contributed by atoms with Gasteiger partial charge in [0.1, 0.15) is 0 Å². The third kappa shape index (κ3) is 6.02. The Balaban J connectivity index is 2.56. The van der Waals surface area contributed by atoms with E-state index in [9.17, 15) is 13.2 Å². The molecule has 1 unspecified atom stereocenters. The van der Waals surface area contributed by atoms with E-state index in [2.05, 4.69) is 9.46 Å². The van der Waals surface area contributed by atoms with Crippen LogP contribution in [0, 0.1) is 0 Å². The van der Waals surface area contributed by atoms with Crippen LogP contribution >= 0.6 is 11.3 Å². The van der Waals surface area contributed by atoms with Crippen LogP contribution in [-0.4, -0.2) is 27.2 Å². The molecular weight excluding hydrogens is 298 g/mol. The van der Waals surface area contributed by atoms with Gasteiger partial charge in [-0.15, -0.1) is 11.3 Å². The number of carbonyl (C=O) groups excluding carboxylic acids is 1. The highest BCUT2D eigenvalue weighted by molar-refractivity contribution is 7.89. The van der Waals surface area contributed by atoms with Crippen LogP contribution < -0.4 is 4.72 Å². The van der Waals surface area contributed by atoms with Gasteiger partial charge in [-0.1, -0.05) is 19.4 Å². The fraction of sp³-hybridized carbons (Fsp3) is 0.615. The van der Waals surface area contributed by atoms with Gasteiger partial charge in [0.2, 0.25) is 10.0 Å². The average molecular weight is 319 g/mol. The zero-order valence-corrected chi connectivity index (χ0v) is 13.4. The molecule has 0 saturated carbocycles. The monoisotopic (exact) mass is 319 g/mol. The molecule has 5 nitrogen and oxygen atoms in total. The molecule has 0 spiro atoms. The first-order valence-electron chi connectivity index (χ1n) is 6.58. The van der Waals surface area contributed by atoms with Crippen molar-refractivity contribution in [3.8, 4) is 0 Å². The van der Waals surface area contributed by atoms with Gasteiger partial charge >= 0.3 is 5.97 Å². The number of thiophene rings is 1. The summed E-state index contributed by atoms with van der Waals surface area (Å²) < 4.78 is 31.3. The molecule has 0 fully saturated rings. The van der Waals surface area contributed by atoms with Crippen molar-refractivity contribution in [1.82, 2.24) is 4.72 Å². The number of carbonyl (C=O) groups is 1. The van der Waals surface area contributed by atoms with Gasteiger partial charge in [-0.3, -0.25) is 4.79 Å². The number of rotatable bonds is 9. The Bertz CT molecular complexity index is 496. The highest BCUT2D eigenvalue weighted by Crippen LogP contribution is 2.24. The van der Waals surface area contributed by atoms with Crippen LogP contribution in [-0.2, 0) is 19.6 Å². The molecule has 0 radical (unpaired) electrons. The Labute approximate surface area is 124 Å². The Morgan fingerprint density at radius 2 is 2.25 bits per heavy atom. The lowest BCUT2D eigenvalue weighted by molar-refractivity contribution is -0.140. The minimum atomic E-state index is -3.38. The number of ether oxygens (including phenoxy) is 1. The molecule has 0 amide bonds. The molecule has 1 N–H and O–H groups in total. The molecule has 0 aliphatic rings. The molecule has 20 heavy (non-hydrogen) atoms. The van der Waals surface area contributed by atoms with Crippen LogP contribution in [0.3, 0.4) is 0 Å². The van der Waals surface area contributed by atoms with E-state index in [1.165, 1.54) is 7.11 Å². The van der Waals surface area contributed by atoms with Gasteiger partial charge in [-0.2, -0.15) is 0 Å². The summed E-state index contributed by atoms with van der Waals surface area (Å²) in [5.74, 6) is -0.447.